The zero-order valence-electron chi connectivity index (χ0n) is 9.12. The van der Waals surface area contributed by atoms with Crippen molar-refractivity contribution in [3.05, 3.63) is 41.6 Å². The molecule has 0 aliphatic heterocycles. The fraction of sp³-hybridized carbons (Fsp3) is 0.250. The van der Waals surface area contributed by atoms with E-state index in [0.29, 0.717) is 5.92 Å². The second kappa shape index (κ2) is 6.92. The van der Waals surface area contributed by atoms with Gasteiger partial charge in [0.05, 0.1) is 0 Å². The first-order valence-corrected chi connectivity index (χ1v) is 4.63. The SMILES string of the molecule is CC(C)c1[c-]cc(/C(C=N)=C/N)cc1.[Y]. The molecule has 0 aliphatic rings. The smallest absolute Gasteiger partial charge is 0.0148 e. The molecular weight excluding hydrogens is 261 g/mol. The van der Waals surface area contributed by atoms with Crippen molar-refractivity contribution < 1.29 is 32.7 Å². The van der Waals surface area contributed by atoms with Crippen molar-refractivity contribution in [3.8, 4) is 0 Å². The van der Waals surface area contributed by atoms with Crippen molar-refractivity contribution in [1.82, 2.24) is 0 Å². The molecule has 0 aromatic heterocycles. The van der Waals surface area contributed by atoms with Gasteiger partial charge in [-0.3, -0.25) is 0 Å². The molecule has 3 N–H and O–H groups in total. The van der Waals surface area contributed by atoms with Crippen molar-refractivity contribution in [1.29, 1.82) is 5.41 Å². The minimum Gasteiger partial charge on any atom is -0.405 e. The zero-order valence-corrected chi connectivity index (χ0v) is 12.0. The van der Waals surface area contributed by atoms with Gasteiger partial charge in [-0.1, -0.05) is 13.8 Å². The molecule has 3 heteroatoms. The van der Waals surface area contributed by atoms with E-state index in [1.807, 2.05) is 18.2 Å². The molecule has 0 atom stereocenters. The van der Waals surface area contributed by atoms with E-state index < -0.39 is 0 Å². The molecule has 0 bridgehead atoms. The molecule has 0 fully saturated rings. The summed E-state index contributed by atoms with van der Waals surface area (Å²) in [5.41, 5.74) is 8.22. The fourth-order valence-electron chi connectivity index (χ4n) is 1.20. The summed E-state index contributed by atoms with van der Waals surface area (Å²) in [5, 5.41) is 7.15. The third-order valence-corrected chi connectivity index (χ3v) is 2.13. The van der Waals surface area contributed by atoms with E-state index in [4.69, 9.17) is 11.1 Å². The van der Waals surface area contributed by atoms with Crippen molar-refractivity contribution >= 4 is 11.8 Å². The standard InChI is InChI=1S/C12H15N2.Y/c1-9(2)10-3-5-11(6-4-10)12(7-13)8-14;/h3,5-9,13H,14H2,1-2H3;/q-1;/b12-8+,13-7?;. The van der Waals surface area contributed by atoms with E-state index in [0.717, 1.165) is 11.1 Å². The average molecular weight is 276 g/mol. The quantitative estimate of drug-likeness (QED) is 0.647. The Balaban J connectivity index is 0.00000196. The normalized spacial score (nSPS) is 11.0. The van der Waals surface area contributed by atoms with E-state index in [1.54, 1.807) is 0 Å². The molecule has 0 amide bonds. The number of nitrogens with two attached hydrogens (primary N) is 1. The van der Waals surface area contributed by atoms with Crippen molar-refractivity contribution in [2.24, 2.45) is 5.73 Å². The predicted octanol–water partition coefficient (Wildman–Crippen LogP) is 2.56. The monoisotopic (exact) mass is 276 g/mol. The van der Waals surface area contributed by atoms with Crippen molar-refractivity contribution in [2.45, 2.75) is 19.8 Å². The van der Waals surface area contributed by atoms with Gasteiger partial charge in [-0.2, -0.15) is 29.8 Å². The first-order valence-electron chi connectivity index (χ1n) is 4.63. The van der Waals surface area contributed by atoms with Gasteiger partial charge in [-0.25, -0.2) is 0 Å². The maximum absolute atomic E-state index is 7.15. The zero-order chi connectivity index (χ0) is 10.6. The van der Waals surface area contributed by atoms with Gasteiger partial charge >= 0.3 is 0 Å². The molecular formula is C12H15N2Y-. The van der Waals surface area contributed by atoms with Crippen LogP contribution < -0.4 is 5.73 Å². The van der Waals surface area contributed by atoms with E-state index in [9.17, 15) is 0 Å². The van der Waals surface area contributed by atoms with Crippen LogP contribution in [0.5, 0.6) is 0 Å². The summed E-state index contributed by atoms with van der Waals surface area (Å²) < 4.78 is 0. The van der Waals surface area contributed by atoms with Crippen LogP contribution in [-0.4, -0.2) is 6.21 Å². The van der Waals surface area contributed by atoms with Gasteiger partial charge in [0.25, 0.3) is 0 Å². The van der Waals surface area contributed by atoms with Gasteiger partial charge in [0.1, 0.15) is 0 Å². The fourth-order valence-corrected chi connectivity index (χ4v) is 1.20. The first kappa shape index (κ1) is 14.5. The first-order chi connectivity index (χ1) is 6.69. The molecule has 1 aromatic rings. The molecule has 0 saturated heterocycles. The number of hydrogen-bond donors (Lipinski definition) is 2. The Morgan fingerprint density at radius 1 is 1.47 bits per heavy atom. The van der Waals surface area contributed by atoms with Crippen molar-refractivity contribution in [3.63, 3.8) is 0 Å². The van der Waals surface area contributed by atoms with Gasteiger partial charge in [0, 0.05) is 38.9 Å². The second-order valence-electron chi connectivity index (χ2n) is 3.45. The predicted molar refractivity (Wildman–Crippen MR) is 60.3 cm³/mol. The Hall–Kier alpha value is -0.466. The molecule has 77 valence electrons. The molecule has 1 rings (SSSR count). The number of benzene rings is 1. The Morgan fingerprint density at radius 3 is 2.47 bits per heavy atom. The van der Waals surface area contributed by atoms with Gasteiger partial charge in [-0.05, 0) is 17.7 Å². The molecule has 15 heavy (non-hydrogen) atoms. The van der Waals surface area contributed by atoms with Crippen LogP contribution in [0.3, 0.4) is 0 Å². The maximum Gasteiger partial charge on any atom is 0.0148 e. The second-order valence-corrected chi connectivity index (χ2v) is 3.45. The maximum atomic E-state index is 7.15. The largest absolute Gasteiger partial charge is 0.405 e. The van der Waals surface area contributed by atoms with Crippen LogP contribution in [0.1, 0.15) is 30.9 Å². The topological polar surface area (TPSA) is 49.9 Å². The third-order valence-electron chi connectivity index (χ3n) is 2.13. The van der Waals surface area contributed by atoms with Crippen LogP contribution in [0.2, 0.25) is 0 Å². The number of hydrogen-bond acceptors (Lipinski definition) is 2. The molecule has 1 aromatic carbocycles. The average Bonchev–Trinajstić information content (AvgIpc) is 2.20. The van der Waals surface area contributed by atoms with Gasteiger partial charge < -0.3 is 11.1 Å². The van der Waals surface area contributed by atoms with Crippen LogP contribution in [0.4, 0.5) is 0 Å². The van der Waals surface area contributed by atoms with Gasteiger partial charge in [0.2, 0.25) is 0 Å². The van der Waals surface area contributed by atoms with Crippen LogP contribution in [0.25, 0.3) is 5.57 Å². The van der Waals surface area contributed by atoms with Crippen molar-refractivity contribution in [2.75, 3.05) is 0 Å². The summed E-state index contributed by atoms with van der Waals surface area (Å²) in [6.45, 7) is 4.25. The number of allylic oxidation sites excluding steroid dienone is 1. The molecule has 0 saturated carbocycles. The Morgan fingerprint density at radius 2 is 2.13 bits per heavy atom. The summed E-state index contributed by atoms with van der Waals surface area (Å²) in [6, 6.07) is 9.05. The Bertz CT molecular complexity index is 339. The molecule has 2 nitrogen and oxygen atoms in total. The number of rotatable bonds is 3. The summed E-state index contributed by atoms with van der Waals surface area (Å²) >= 11 is 0. The minimum atomic E-state index is 0. The van der Waals surface area contributed by atoms with Gasteiger partial charge in [0.15, 0.2) is 0 Å². The molecule has 0 aliphatic carbocycles. The van der Waals surface area contributed by atoms with E-state index in [-0.39, 0.29) is 32.7 Å². The molecule has 0 spiro atoms. The van der Waals surface area contributed by atoms with Crippen LogP contribution in [0.15, 0.2) is 24.4 Å². The third kappa shape index (κ3) is 3.88. The molecule has 0 heterocycles. The Kier molecular flexibility index (Phi) is 6.70. The number of nitrogens with one attached hydrogen (secondary N) is 1. The summed E-state index contributed by atoms with van der Waals surface area (Å²) in [7, 11) is 0. The van der Waals surface area contributed by atoms with E-state index in [2.05, 4.69) is 19.9 Å². The van der Waals surface area contributed by atoms with Gasteiger partial charge in [-0.15, -0.1) is 5.56 Å². The summed E-state index contributed by atoms with van der Waals surface area (Å²) in [5.74, 6) is 0.481. The Labute approximate surface area is 116 Å². The molecule has 0 unspecified atom stereocenters. The minimum absolute atomic E-state index is 0. The molecule has 1 radical (unpaired) electrons. The van der Waals surface area contributed by atoms with Crippen LogP contribution in [0, 0.1) is 11.5 Å². The van der Waals surface area contributed by atoms with Crippen LogP contribution >= 0.6 is 0 Å². The van der Waals surface area contributed by atoms with E-state index in [1.165, 1.54) is 18.0 Å². The summed E-state index contributed by atoms with van der Waals surface area (Å²) in [6.07, 6.45) is 2.68. The van der Waals surface area contributed by atoms with Crippen LogP contribution in [-0.2, 0) is 32.7 Å². The summed E-state index contributed by atoms with van der Waals surface area (Å²) in [4.78, 5) is 0. The van der Waals surface area contributed by atoms with E-state index >= 15 is 0 Å².